The van der Waals surface area contributed by atoms with Crippen LogP contribution in [-0.2, 0) is 10.0 Å². The third-order valence-corrected chi connectivity index (χ3v) is 5.46. The van der Waals surface area contributed by atoms with Crippen molar-refractivity contribution in [3.05, 3.63) is 52.2 Å². The van der Waals surface area contributed by atoms with Gasteiger partial charge in [-0.3, -0.25) is 4.79 Å². The normalized spacial score (nSPS) is 12.9. The van der Waals surface area contributed by atoms with Crippen molar-refractivity contribution >= 4 is 27.3 Å². The smallest absolute Gasteiger partial charge is 0.251 e. The van der Waals surface area contributed by atoms with Crippen molar-refractivity contribution in [3.8, 4) is 0 Å². The Hall–Kier alpha value is -1.70. The molecule has 1 unspecified atom stereocenters. The summed E-state index contributed by atoms with van der Waals surface area (Å²) in [4.78, 5) is 13.3. The van der Waals surface area contributed by atoms with Crippen LogP contribution in [0.25, 0.3) is 0 Å². The van der Waals surface area contributed by atoms with Gasteiger partial charge in [0.1, 0.15) is 0 Å². The van der Waals surface area contributed by atoms with Gasteiger partial charge >= 0.3 is 0 Å². The van der Waals surface area contributed by atoms with E-state index in [1.165, 1.54) is 19.2 Å². The van der Waals surface area contributed by atoms with Crippen LogP contribution in [0.5, 0.6) is 0 Å². The summed E-state index contributed by atoms with van der Waals surface area (Å²) in [6.07, 6.45) is 0. The highest BCUT2D eigenvalue weighted by molar-refractivity contribution is 7.89. The van der Waals surface area contributed by atoms with Crippen LogP contribution in [-0.4, -0.2) is 21.4 Å². The molecule has 1 aromatic heterocycles. The molecule has 1 atom stereocenters. The average molecular weight is 324 g/mol. The first-order chi connectivity index (χ1) is 9.94. The van der Waals surface area contributed by atoms with Crippen LogP contribution in [0, 0.1) is 0 Å². The zero-order valence-electron chi connectivity index (χ0n) is 11.7. The lowest BCUT2D eigenvalue weighted by atomic mass is 10.2. The van der Waals surface area contributed by atoms with E-state index >= 15 is 0 Å². The maximum Gasteiger partial charge on any atom is 0.251 e. The number of rotatable bonds is 5. The summed E-state index contributed by atoms with van der Waals surface area (Å²) in [6, 6.07) is 9.69. The van der Waals surface area contributed by atoms with Gasteiger partial charge in [-0.2, -0.15) is 0 Å². The van der Waals surface area contributed by atoms with E-state index in [0.29, 0.717) is 5.56 Å². The van der Waals surface area contributed by atoms with Gasteiger partial charge < -0.3 is 5.32 Å². The molecule has 0 radical (unpaired) electrons. The fraction of sp³-hybridized carbons (Fsp3) is 0.214. The first-order valence-corrected chi connectivity index (χ1v) is 8.68. The van der Waals surface area contributed by atoms with Gasteiger partial charge in [0, 0.05) is 10.4 Å². The largest absolute Gasteiger partial charge is 0.345 e. The van der Waals surface area contributed by atoms with Crippen LogP contribution >= 0.6 is 11.3 Å². The van der Waals surface area contributed by atoms with Crippen molar-refractivity contribution in [1.29, 1.82) is 0 Å². The predicted molar refractivity (Wildman–Crippen MR) is 82.9 cm³/mol. The van der Waals surface area contributed by atoms with Crippen LogP contribution in [0.4, 0.5) is 0 Å². The lowest BCUT2D eigenvalue weighted by Gasteiger charge is -2.12. The Labute approximate surface area is 128 Å². The third-order valence-electron chi connectivity index (χ3n) is 2.99. The van der Waals surface area contributed by atoms with E-state index in [-0.39, 0.29) is 16.8 Å². The van der Waals surface area contributed by atoms with Gasteiger partial charge in [-0.15, -0.1) is 11.3 Å². The standard InChI is InChI=1S/C14H16N2O3S2/c1-10(13-7-4-8-20-13)16-14(17)11-5-3-6-12(9-11)21(18,19)15-2/h3-10,15H,1-2H3,(H,16,17). The molecule has 2 rings (SSSR count). The third kappa shape index (κ3) is 3.69. The highest BCUT2D eigenvalue weighted by Gasteiger charge is 2.16. The van der Waals surface area contributed by atoms with E-state index in [0.717, 1.165) is 4.88 Å². The molecule has 0 aliphatic heterocycles. The monoisotopic (exact) mass is 324 g/mol. The zero-order valence-corrected chi connectivity index (χ0v) is 13.3. The van der Waals surface area contributed by atoms with Gasteiger partial charge in [0.15, 0.2) is 0 Å². The summed E-state index contributed by atoms with van der Waals surface area (Å²) < 4.78 is 25.7. The molecule has 2 aromatic rings. The highest BCUT2D eigenvalue weighted by atomic mass is 32.2. The molecule has 0 aliphatic rings. The van der Waals surface area contributed by atoms with Gasteiger partial charge in [-0.1, -0.05) is 12.1 Å². The fourth-order valence-electron chi connectivity index (χ4n) is 1.81. The fourth-order valence-corrected chi connectivity index (χ4v) is 3.32. The van der Waals surface area contributed by atoms with Crippen molar-refractivity contribution in [2.75, 3.05) is 7.05 Å². The minimum absolute atomic E-state index is 0.0708. The minimum atomic E-state index is -3.55. The highest BCUT2D eigenvalue weighted by Crippen LogP contribution is 2.19. The lowest BCUT2D eigenvalue weighted by Crippen LogP contribution is -2.26. The molecule has 0 bridgehead atoms. The van der Waals surface area contributed by atoms with Crippen LogP contribution < -0.4 is 10.0 Å². The minimum Gasteiger partial charge on any atom is -0.345 e. The number of carbonyl (C=O) groups excluding carboxylic acids is 1. The molecule has 21 heavy (non-hydrogen) atoms. The molecule has 0 fully saturated rings. The van der Waals surface area contributed by atoms with Gasteiger partial charge in [-0.25, -0.2) is 13.1 Å². The second kappa shape index (κ2) is 6.38. The molecule has 1 heterocycles. The number of carbonyl (C=O) groups is 1. The van der Waals surface area contributed by atoms with E-state index in [1.807, 2.05) is 24.4 Å². The van der Waals surface area contributed by atoms with E-state index in [1.54, 1.807) is 23.5 Å². The van der Waals surface area contributed by atoms with E-state index in [2.05, 4.69) is 10.0 Å². The van der Waals surface area contributed by atoms with E-state index < -0.39 is 10.0 Å². The zero-order chi connectivity index (χ0) is 15.5. The molecule has 7 heteroatoms. The van der Waals surface area contributed by atoms with Crippen LogP contribution in [0.3, 0.4) is 0 Å². The number of hydrogen-bond donors (Lipinski definition) is 2. The maximum absolute atomic E-state index is 12.2. The molecule has 0 aliphatic carbocycles. The topological polar surface area (TPSA) is 75.3 Å². The van der Waals surface area contributed by atoms with Gasteiger partial charge in [0.2, 0.25) is 10.0 Å². The number of amides is 1. The Morgan fingerprint density at radius 1 is 1.24 bits per heavy atom. The van der Waals surface area contributed by atoms with Crippen molar-refractivity contribution in [2.45, 2.75) is 17.9 Å². The van der Waals surface area contributed by atoms with Gasteiger partial charge in [0.25, 0.3) is 5.91 Å². The molecule has 0 spiro atoms. The van der Waals surface area contributed by atoms with Crippen LogP contribution in [0.15, 0.2) is 46.7 Å². The molecule has 0 saturated carbocycles. The molecule has 2 N–H and O–H groups in total. The molecule has 112 valence electrons. The number of nitrogens with one attached hydrogen (secondary N) is 2. The Kier molecular flexibility index (Phi) is 4.76. The summed E-state index contributed by atoms with van der Waals surface area (Å²) in [5.41, 5.74) is 0.315. The molecular weight excluding hydrogens is 308 g/mol. The number of sulfonamides is 1. The van der Waals surface area contributed by atoms with Gasteiger partial charge in [0.05, 0.1) is 10.9 Å². The Balaban J connectivity index is 2.19. The van der Waals surface area contributed by atoms with Crippen molar-refractivity contribution in [3.63, 3.8) is 0 Å². The first-order valence-electron chi connectivity index (χ1n) is 6.32. The van der Waals surface area contributed by atoms with Crippen LogP contribution in [0.2, 0.25) is 0 Å². The number of benzene rings is 1. The molecule has 1 aromatic carbocycles. The summed E-state index contributed by atoms with van der Waals surface area (Å²) in [6.45, 7) is 1.89. The summed E-state index contributed by atoms with van der Waals surface area (Å²) >= 11 is 1.56. The lowest BCUT2D eigenvalue weighted by molar-refractivity contribution is 0.0940. The molecule has 1 amide bonds. The Morgan fingerprint density at radius 2 is 2.00 bits per heavy atom. The van der Waals surface area contributed by atoms with Crippen molar-refractivity contribution < 1.29 is 13.2 Å². The summed E-state index contributed by atoms with van der Waals surface area (Å²) in [5.74, 6) is -0.302. The maximum atomic E-state index is 12.2. The second-order valence-electron chi connectivity index (χ2n) is 4.45. The van der Waals surface area contributed by atoms with Crippen molar-refractivity contribution in [2.24, 2.45) is 0 Å². The molecular formula is C14H16N2O3S2. The van der Waals surface area contributed by atoms with E-state index in [4.69, 9.17) is 0 Å². The summed E-state index contributed by atoms with van der Waals surface area (Å²) in [7, 11) is -2.22. The molecule has 0 saturated heterocycles. The predicted octanol–water partition coefficient (Wildman–Crippen LogP) is 2.15. The quantitative estimate of drug-likeness (QED) is 0.885. The van der Waals surface area contributed by atoms with Crippen molar-refractivity contribution in [1.82, 2.24) is 10.0 Å². The molecule has 5 nitrogen and oxygen atoms in total. The van der Waals surface area contributed by atoms with Gasteiger partial charge in [-0.05, 0) is 43.6 Å². The Morgan fingerprint density at radius 3 is 2.62 bits per heavy atom. The first kappa shape index (κ1) is 15.7. The number of hydrogen-bond acceptors (Lipinski definition) is 4. The second-order valence-corrected chi connectivity index (χ2v) is 7.31. The van der Waals surface area contributed by atoms with E-state index in [9.17, 15) is 13.2 Å². The Bertz CT molecular complexity index is 724. The van der Waals surface area contributed by atoms with Crippen LogP contribution in [0.1, 0.15) is 28.2 Å². The number of thiophene rings is 1. The SMILES string of the molecule is CNS(=O)(=O)c1cccc(C(=O)NC(C)c2cccs2)c1. The summed E-state index contributed by atoms with van der Waals surface area (Å²) in [5, 5.41) is 4.79. The average Bonchev–Trinajstić information content (AvgIpc) is 3.01.